The van der Waals surface area contributed by atoms with Gasteiger partial charge in [0.2, 0.25) is 0 Å². The van der Waals surface area contributed by atoms with Crippen molar-refractivity contribution in [3.05, 3.63) is 64.8 Å². The maximum Gasteiger partial charge on any atom is 0.155 e. The molecule has 0 saturated heterocycles. The first kappa shape index (κ1) is 13.3. The van der Waals surface area contributed by atoms with Crippen LogP contribution in [-0.4, -0.2) is 14.4 Å². The summed E-state index contributed by atoms with van der Waals surface area (Å²) in [6.45, 7) is 2.92. The van der Waals surface area contributed by atoms with Crippen LogP contribution in [-0.2, 0) is 6.54 Å². The number of aromatic nitrogens is 3. The van der Waals surface area contributed by atoms with E-state index in [1.807, 2.05) is 22.9 Å². The quantitative estimate of drug-likeness (QED) is 0.797. The lowest BCUT2D eigenvalue weighted by molar-refractivity contribution is 0.565. The van der Waals surface area contributed by atoms with Gasteiger partial charge in [-0.25, -0.2) is 9.97 Å². The molecule has 0 bridgehead atoms. The van der Waals surface area contributed by atoms with E-state index in [-0.39, 0.29) is 0 Å². The molecule has 20 heavy (non-hydrogen) atoms. The Balaban J connectivity index is 1.75. The standard InChI is InChI=1S/C15H15BrN4/c1-11(12-5-3-2-4-6-12)17-7-13-8-19-15-9-18-14(16)10-20(13)15/h2-6,8-11,17H,7H2,1H3/t11-/m0/s1. The average molecular weight is 331 g/mol. The molecule has 0 saturated carbocycles. The van der Waals surface area contributed by atoms with Crippen molar-refractivity contribution in [1.82, 2.24) is 19.7 Å². The summed E-state index contributed by atoms with van der Waals surface area (Å²) in [4.78, 5) is 8.53. The van der Waals surface area contributed by atoms with E-state index in [9.17, 15) is 0 Å². The molecule has 0 aliphatic rings. The highest BCUT2D eigenvalue weighted by Crippen LogP contribution is 2.14. The molecule has 0 aliphatic heterocycles. The van der Waals surface area contributed by atoms with Crippen molar-refractivity contribution in [2.24, 2.45) is 0 Å². The minimum atomic E-state index is 0.298. The lowest BCUT2D eigenvalue weighted by Gasteiger charge is -2.13. The fourth-order valence-electron chi connectivity index (χ4n) is 2.16. The third kappa shape index (κ3) is 2.73. The van der Waals surface area contributed by atoms with Gasteiger partial charge in [0.15, 0.2) is 5.65 Å². The number of nitrogens with one attached hydrogen (secondary N) is 1. The van der Waals surface area contributed by atoms with E-state index in [4.69, 9.17) is 0 Å². The Morgan fingerprint density at radius 2 is 2.00 bits per heavy atom. The molecule has 0 unspecified atom stereocenters. The van der Waals surface area contributed by atoms with E-state index in [1.165, 1.54) is 5.56 Å². The second kappa shape index (κ2) is 5.73. The van der Waals surface area contributed by atoms with Gasteiger partial charge in [0, 0.05) is 18.8 Å². The molecule has 0 fully saturated rings. The Hall–Kier alpha value is -1.72. The predicted octanol–water partition coefficient (Wildman–Crippen LogP) is 3.34. The van der Waals surface area contributed by atoms with Gasteiger partial charge >= 0.3 is 0 Å². The second-order valence-corrected chi connectivity index (χ2v) is 5.51. The highest BCUT2D eigenvalue weighted by molar-refractivity contribution is 9.10. The fourth-order valence-corrected chi connectivity index (χ4v) is 2.47. The number of fused-ring (bicyclic) bond motifs is 1. The molecule has 4 nitrogen and oxygen atoms in total. The van der Waals surface area contributed by atoms with Crippen LogP contribution in [0.15, 0.2) is 53.5 Å². The predicted molar refractivity (Wildman–Crippen MR) is 82.4 cm³/mol. The van der Waals surface area contributed by atoms with Crippen LogP contribution < -0.4 is 5.32 Å². The Morgan fingerprint density at radius 1 is 1.20 bits per heavy atom. The highest BCUT2D eigenvalue weighted by Gasteiger charge is 2.07. The molecule has 3 rings (SSSR count). The number of nitrogens with zero attached hydrogens (tertiary/aromatic N) is 3. The number of halogens is 1. The zero-order valence-electron chi connectivity index (χ0n) is 11.1. The van der Waals surface area contributed by atoms with Crippen LogP contribution >= 0.6 is 15.9 Å². The van der Waals surface area contributed by atoms with Crippen molar-refractivity contribution in [3.63, 3.8) is 0 Å². The molecule has 3 aromatic rings. The van der Waals surface area contributed by atoms with E-state index in [0.29, 0.717) is 6.04 Å². The van der Waals surface area contributed by atoms with Gasteiger partial charge in [0.05, 0.1) is 18.1 Å². The van der Waals surface area contributed by atoms with Crippen LogP contribution in [0, 0.1) is 0 Å². The second-order valence-electron chi connectivity index (χ2n) is 4.70. The van der Waals surface area contributed by atoms with Gasteiger partial charge in [0.25, 0.3) is 0 Å². The van der Waals surface area contributed by atoms with Crippen molar-refractivity contribution in [2.45, 2.75) is 19.5 Å². The highest BCUT2D eigenvalue weighted by atomic mass is 79.9. The number of imidazole rings is 1. The number of benzene rings is 1. The Kier molecular flexibility index (Phi) is 3.80. The van der Waals surface area contributed by atoms with E-state index in [0.717, 1.165) is 22.5 Å². The molecule has 1 N–H and O–H groups in total. The molecule has 2 heterocycles. The lowest BCUT2D eigenvalue weighted by atomic mass is 10.1. The van der Waals surface area contributed by atoms with Crippen molar-refractivity contribution >= 4 is 21.6 Å². The molecule has 2 aromatic heterocycles. The Morgan fingerprint density at radius 3 is 2.80 bits per heavy atom. The smallest absolute Gasteiger partial charge is 0.155 e. The summed E-state index contributed by atoms with van der Waals surface area (Å²) in [6.07, 6.45) is 5.58. The third-order valence-electron chi connectivity index (χ3n) is 3.33. The molecule has 0 amide bonds. The summed E-state index contributed by atoms with van der Waals surface area (Å²) in [6, 6.07) is 10.7. The maximum absolute atomic E-state index is 4.35. The van der Waals surface area contributed by atoms with Gasteiger partial charge in [-0.3, -0.25) is 4.40 Å². The van der Waals surface area contributed by atoms with Crippen LogP contribution in [0.5, 0.6) is 0 Å². The molecular formula is C15H15BrN4. The summed E-state index contributed by atoms with van der Waals surface area (Å²) in [5.41, 5.74) is 3.26. The molecule has 1 aromatic carbocycles. The average Bonchev–Trinajstić information content (AvgIpc) is 2.88. The molecule has 0 radical (unpaired) electrons. The SMILES string of the molecule is C[C@H](NCc1cnc2cnc(Br)cn12)c1ccccc1. The molecule has 1 atom stereocenters. The van der Waals surface area contributed by atoms with E-state index in [2.05, 4.69) is 62.4 Å². The van der Waals surface area contributed by atoms with E-state index in [1.54, 1.807) is 6.20 Å². The van der Waals surface area contributed by atoms with Crippen molar-refractivity contribution in [2.75, 3.05) is 0 Å². The van der Waals surface area contributed by atoms with Crippen molar-refractivity contribution < 1.29 is 0 Å². The summed E-state index contributed by atoms with van der Waals surface area (Å²) in [7, 11) is 0. The summed E-state index contributed by atoms with van der Waals surface area (Å²) < 4.78 is 2.85. The molecule has 102 valence electrons. The zero-order chi connectivity index (χ0) is 13.9. The van der Waals surface area contributed by atoms with Gasteiger partial charge in [-0.2, -0.15) is 0 Å². The fraction of sp³-hybridized carbons (Fsp3) is 0.200. The van der Waals surface area contributed by atoms with Gasteiger partial charge in [-0.05, 0) is 28.4 Å². The van der Waals surface area contributed by atoms with Gasteiger partial charge < -0.3 is 5.32 Å². The van der Waals surface area contributed by atoms with Gasteiger partial charge in [-0.15, -0.1) is 0 Å². The van der Waals surface area contributed by atoms with Gasteiger partial charge in [0.1, 0.15) is 4.60 Å². The molecular weight excluding hydrogens is 316 g/mol. The molecule has 0 aliphatic carbocycles. The summed E-state index contributed by atoms with van der Waals surface area (Å²) in [5.74, 6) is 0. The number of hydrogen-bond acceptors (Lipinski definition) is 3. The van der Waals surface area contributed by atoms with Crippen molar-refractivity contribution in [3.8, 4) is 0 Å². The zero-order valence-corrected chi connectivity index (χ0v) is 12.7. The monoisotopic (exact) mass is 330 g/mol. The normalized spacial score (nSPS) is 12.7. The maximum atomic E-state index is 4.35. The van der Waals surface area contributed by atoms with Crippen LogP contribution in [0.4, 0.5) is 0 Å². The van der Waals surface area contributed by atoms with E-state index < -0.39 is 0 Å². The van der Waals surface area contributed by atoms with Crippen LogP contribution in [0.25, 0.3) is 5.65 Å². The molecule has 5 heteroatoms. The Bertz CT molecular complexity index is 708. The number of rotatable bonds is 4. The van der Waals surface area contributed by atoms with Crippen LogP contribution in [0.1, 0.15) is 24.2 Å². The number of hydrogen-bond donors (Lipinski definition) is 1. The minimum absolute atomic E-state index is 0.298. The van der Waals surface area contributed by atoms with Crippen LogP contribution in [0.3, 0.4) is 0 Å². The summed E-state index contributed by atoms with van der Waals surface area (Å²) >= 11 is 3.39. The van der Waals surface area contributed by atoms with Gasteiger partial charge in [-0.1, -0.05) is 30.3 Å². The van der Waals surface area contributed by atoms with E-state index >= 15 is 0 Å². The first-order chi connectivity index (χ1) is 9.74. The summed E-state index contributed by atoms with van der Waals surface area (Å²) in [5, 5.41) is 3.52. The van der Waals surface area contributed by atoms with Crippen LogP contribution in [0.2, 0.25) is 0 Å². The molecule has 0 spiro atoms. The largest absolute Gasteiger partial charge is 0.305 e. The van der Waals surface area contributed by atoms with Crippen molar-refractivity contribution in [1.29, 1.82) is 0 Å². The minimum Gasteiger partial charge on any atom is -0.305 e. The third-order valence-corrected chi connectivity index (χ3v) is 3.74. The first-order valence-electron chi connectivity index (χ1n) is 6.50. The Labute approximate surface area is 126 Å². The topological polar surface area (TPSA) is 42.2 Å². The lowest BCUT2D eigenvalue weighted by Crippen LogP contribution is -2.18. The first-order valence-corrected chi connectivity index (χ1v) is 7.29.